The molecule has 0 aliphatic heterocycles. The largest absolute Gasteiger partial charge is 0.478 e. The highest BCUT2D eigenvalue weighted by molar-refractivity contribution is 6.31. The second kappa shape index (κ2) is 8.03. The fourth-order valence-electron chi connectivity index (χ4n) is 2.49. The van der Waals surface area contributed by atoms with Gasteiger partial charge in [0, 0.05) is 31.4 Å². The van der Waals surface area contributed by atoms with E-state index >= 15 is 0 Å². The van der Waals surface area contributed by atoms with E-state index in [1.165, 1.54) is 0 Å². The monoisotopic (exact) mass is 360 g/mol. The Kier molecular flexibility index (Phi) is 6.04. The fourth-order valence-corrected chi connectivity index (χ4v) is 2.67. The van der Waals surface area contributed by atoms with Crippen molar-refractivity contribution in [3.05, 3.63) is 64.2 Å². The molecule has 0 radical (unpaired) electrons. The number of rotatable bonds is 6. The predicted octanol–water partition coefficient (Wildman–Crippen LogP) is 3.64. The normalized spacial score (nSPS) is 11.7. The van der Waals surface area contributed by atoms with Gasteiger partial charge in [-0.3, -0.25) is 4.79 Å². The zero-order valence-electron chi connectivity index (χ0n) is 14.4. The van der Waals surface area contributed by atoms with Gasteiger partial charge in [0.05, 0.1) is 11.1 Å². The van der Waals surface area contributed by atoms with E-state index in [-0.39, 0.29) is 17.4 Å². The molecule has 0 heterocycles. The molecular weight excluding hydrogens is 340 g/mol. The van der Waals surface area contributed by atoms with Crippen LogP contribution in [0.2, 0.25) is 5.02 Å². The number of nitrogens with zero attached hydrogens (tertiary/aromatic N) is 1. The molecule has 132 valence electrons. The highest BCUT2D eigenvalue weighted by atomic mass is 35.5. The lowest BCUT2D eigenvalue weighted by Gasteiger charge is -2.19. The first-order valence-electron chi connectivity index (χ1n) is 7.88. The summed E-state index contributed by atoms with van der Waals surface area (Å²) in [5.41, 5.74) is 2.52. The summed E-state index contributed by atoms with van der Waals surface area (Å²) in [6.07, 6.45) is 0. The molecule has 2 aromatic carbocycles. The lowest BCUT2D eigenvalue weighted by atomic mass is 9.99. The van der Waals surface area contributed by atoms with Crippen molar-refractivity contribution in [1.82, 2.24) is 5.32 Å². The molecular formula is C19H21ClN2O3. The molecule has 0 saturated carbocycles. The topological polar surface area (TPSA) is 69.6 Å². The average Bonchev–Trinajstić information content (AvgIpc) is 2.59. The van der Waals surface area contributed by atoms with Gasteiger partial charge in [-0.15, -0.1) is 0 Å². The fraction of sp³-hybridized carbons (Fsp3) is 0.263. The summed E-state index contributed by atoms with van der Waals surface area (Å²) < 4.78 is 0. The standard InChI is InChI=1S/C19H21ClN2O3/c1-12(13-4-6-14(7-5-13)19(24)25)11-21-18(23)16-10-15(20)8-9-17(16)22(2)3/h4-10,12H,11H2,1-3H3,(H,21,23)(H,24,25). The lowest BCUT2D eigenvalue weighted by Crippen LogP contribution is -2.29. The molecule has 0 spiro atoms. The summed E-state index contributed by atoms with van der Waals surface area (Å²) in [4.78, 5) is 25.3. The number of nitrogens with one attached hydrogen (secondary N) is 1. The number of carbonyl (C=O) groups is 2. The van der Waals surface area contributed by atoms with Crippen LogP contribution in [0.25, 0.3) is 0 Å². The van der Waals surface area contributed by atoms with Crippen molar-refractivity contribution < 1.29 is 14.7 Å². The average molecular weight is 361 g/mol. The van der Waals surface area contributed by atoms with Gasteiger partial charge in [0.1, 0.15) is 0 Å². The molecule has 0 aliphatic carbocycles. The van der Waals surface area contributed by atoms with Gasteiger partial charge in [0.2, 0.25) is 0 Å². The Labute approximate surface area is 152 Å². The molecule has 5 nitrogen and oxygen atoms in total. The SMILES string of the molecule is CC(CNC(=O)c1cc(Cl)ccc1N(C)C)c1ccc(C(=O)O)cc1. The summed E-state index contributed by atoms with van der Waals surface area (Å²) in [5, 5.41) is 12.4. The summed E-state index contributed by atoms with van der Waals surface area (Å²) >= 11 is 6.02. The maximum Gasteiger partial charge on any atom is 0.335 e. The van der Waals surface area contributed by atoms with Crippen molar-refractivity contribution in [2.24, 2.45) is 0 Å². The molecule has 1 atom stereocenters. The number of halogens is 1. The Hall–Kier alpha value is -2.53. The number of hydrogen-bond donors (Lipinski definition) is 2. The minimum atomic E-state index is -0.954. The van der Waals surface area contributed by atoms with E-state index in [1.54, 1.807) is 36.4 Å². The summed E-state index contributed by atoms with van der Waals surface area (Å²) in [6.45, 7) is 2.41. The maximum absolute atomic E-state index is 12.5. The van der Waals surface area contributed by atoms with Crippen molar-refractivity contribution in [1.29, 1.82) is 0 Å². The van der Waals surface area contributed by atoms with Crippen LogP contribution in [0.3, 0.4) is 0 Å². The minimum Gasteiger partial charge on any atom is -0.478 e. The van der Waals surface area contributed by atoms with E-state index in [9.17, 15) is 9.59 Å². The summed E-state index contributed by atoms with van der Waals surface area (Å²) in [5.74, 6) is -1.10. The summed E-state index contributed by atoms with van der Waals surface area (Å²) in [6, 6.07) is 11.9. The second-order valence-corrected chi connectivity index (χ2v) is 6.53. The number of carboxylic acids is 1. The van der Waals surface area contributed by atoms with Crippen LogP contribution in [0.15, 0.2) is 42.5 Å². The van der Waals surface area contributed by atoms with Gasteiger partial charge >= 0.3 is 5.97 Å². The van der Waals surface area contributed by atoms with Crippen molar-refractivity contribution in [2.75, 3.05) is 25.5 Å². The minimum absolute atomic E-state index is 0.0498. The molecule has 2 N–H and O–H groups in total. The molecule has 6 heteroatoms. The third-order valence-corrected chi connectivity index (χ3v) is 4.22. The molecule has 0 bridgehead atoms. The van der Waals surface area contributed by atoms with E-state index in [0.717, 1.165) is 11.3 Å². The van der Waals surface area contributed by atoms with Crippen molar-refractivity contribution in [2.45, 2.75) is 12.8 Å². The highest BCUT2D eigenvalue weighted by Gasteiger charge is 2.15. The molecule has 1 amide bonds. The zero-order chi connectivity index (χ0) is 18.6. The molecule has 1 unspecified atom stereocenters. The van der Waals surface area contributed by atoms with Crippen LogP contribution in [0, 0.1) is 0 Å². The third-order valence-electron chi connectivity index (χ3n) is 3.98. The van der Waals surface area contributed by atoms with Crippen LogP contribution in [-0.4, -0.2) is 37.6 Å². The number of anilines is 1. The molecule has 0 fully saturated rings. The molecule has 0 aliphatic rings. The Morgan fingerprint density at radius 1 is 1.16 bits per heavy atom. The number of amides is 1. The van der Waals surface area contributed by atoms with E-state index in [0.29, 0.717) is 17.1 Å². The van der Waals surface area contributed by atoms with Gasteiger partial charge < -0.3 is 15.3 Å². The van der Waals surface area contributed by atoms with Crippen molar-refractivity contribution >= 4 is 29.2 Å². The van der Waals surface area contributed by atoms with Crippen LogP contribution in [-0.2, 0) is 0 Å². The molecule has 0 saturated heterocycles. The molecule has 2 aromatic rings. The van der Waals surface area contributed by atoms with Gasteiger partial charge in [0.25, 0.3) is 5.91 Å². The van der Waals surface area contributed by atoms with Crippen LogP contribution in [0.1, 0.15) is 39.1 Å². The molecule has 2 rings (SSSR count). The predicted molar refractivity (Wildman–Crippen MR) is 99.9 cm³/mol. The zero-order valence-corrected chi connectivity index (χ0v) is 15.2. The Morgan fingerprint density at radius 3 is 2.36 bits per heavy atom. The maximum atomic E-state index is 12.5. The number of carbonyl (C=O) groups excluding carboxylic acids is 1. The van der Waals surface area contributed by atoms with E-state index in [4.69, 9.17) is 16.7 Å². The first kappa shape index (κ1) is 18.8. The quantitative estimate of drug-likeness (QED) is 0.825. The van der Waals surface area contributed by atoms with Crippen LogP contribution in [0.4, 0.5) is 5.69 Å². The first-order valence-corrected chi connectivity index (χ1v) is 8.25. The van der Waals surface area contributed by atoms with E-state index in [1.807, 2.05) is 32.0 Å². The van der Waals surface area contributed by atoms with E-state index < -0.39 is 5.97 Å². The Bertz CT molecular complexity index is 773. The Balaban J connectivity index is 2.06. The number of benzene rings is 2. The summed E-state index contributed by atoms with van der Waals surface area (Å²) in [7, 11) is 3.74. The second-order valence-electron chi connectivity index (χ2n) is 6.09. The number of hydrogen-bond acceptors (Lipinski definition) is 3. The van der Waals surface area contributed by atoms with Crippen LogP contribution >= 0.6 is 11.6 Å². The molecule has 25 heavy (non-hydrogen) atoms. The van der Waals surface area contributed by atoms with Crippen LogP contribution in [0.5, 0.6) is 0 Å². The van der Waals surface area contributed by atoms with Crippen LogP contribution < -0.4 is 10.2 Å². The van der Waals surface area contributed by atoms with Gasteiger partial charge in [-0.25, -0.2) is 4.79 Å². The van der Waals surface area contributed by atoms with Gasteiger partial charge in [-0.05, 0) is 41.8 Å². The Morgan fingerprint density at radius 2 is 1.80 bits per heavy atom. The number of carboxylic acid groups (broad SMARTS) is 1. The van der Waals surface area contributed by atoms with Crippen molar-refractivity contribution in [3.63, 3.8) is 0 Å². The van der Waals surface area contributed by atoms with Crippen molar-refractivity contribution in [3.8, 4) is 0 Å². The van der Waals surface area contributed by atoms with Gasteiger partial charge in [-0.2, -0.15) is 0 Å². The number of aromatic carboxylic acids is 1. The van der Waals surface area contributed by atoms with Gasteiger partial charge in [0.15, 0.2) is 0 Å². The first-order chi connectivity index (χ1) is 11.8. The smallest absolute Gasteiger partial charge is 0.335 e. The van der Waals surface area contributed by atoms with E-state index in [2.05, 4.69) is 5.32 Å². The third kappa shape index (κ3) is 4.73. The molecule has 0 aromatic heterocycles. The lowest BCUT2D eigenvalue weighted by molar-refractivity contribution is 0.0696. The highest BCUT2D eigenvalue weighted by Crippen LogP contribution is 2.23. The van der Waals surface area contributed by atoms with Gasteiger partial charge in [-0.1, -0.05) is 30.7 Å².